The van der Waals surface area contributed by atoms with E-state index in [1.807, 2.05) is 29.2 Å². The maximum absolute atomic E-state index is 13.4. The first kappa shape index (κ1) is 21.3. The third-order valence-corrected chi connectivity index (χ3v) is 9.38. The van der Waals surface area contributed by atoms with Gasteiger partial charge in [-0.1, -0.05) is 18.2 Å². The highest BCUT2D eigenvalue weighted by atomic mass is 32.2. The molecule has 0 bridgehead atoms. The van der Waals surface area contributed by atoms with Crippen molar-refractivity contribution in [1.82, 2.24) is 4.90 Å². The maximum atomic E-state index is 13.4. The number of benzene rings is 2. The Labute approximate surface area is 192 Å². The molecule has 5 rings (SSSR count). The highest BCUT2D eigenvalue weighted by Gasteiger charge is 2.33. The third kappa shape index (κ3) is 3.88. The minimum absolute atomic E-state index is 0.0187. The zero-order valence-corrected chi connectivity index (χ0v) is 19.3. The van der Waals surface area contributed by atoms with Gasteiger partial charge in [0.2, 0.25) is 11.8 Å². The van der Waals surface area contributed by atoms with Gasteiger partial charge in [0.1, 0.15) is 0 Å². The van der Waals surface area contributed by atoms with Gasteiger partial charge in [0.15, 0.2) is 0 Å². The highest BCUT2D eigenvalue weighted by Crippen LogP contribution is 2.38. The number of fused-ring (bicyclic) bond motifs is 2. The van der Waals surface area contributed by atoms with Crippen LogP contribution in [-0.2, 0) is 26.0 Å². The lowest BCUT2D eigenvalue weighted by Gasteiger charge is -2.20. The normalized spacial score (nSPS) is 20.5. The van der Waals surface area contributed by atoms with Crippen molar-refractivity contribution >= 4 is 45.0 Å². The molecule has 0 radical (unpaired) electrons. The van der Waals surface area contributed by atoms with E-state index < -0.39 is 15.9 Å². The molecular formula is C23H25N3O4S2. The summed E-state index contributed by atoms with van der Waals surface area (Å²) in [6.07, 6.45) is 2.89. The van der Waals surface area contributed by atoms with Crippen molar-refractivity contribution in [2.75, 3.05) is 35.0 Å². The van der Waals surface area contributed by atoms with Gasteiger partial charge in [-0.2, -0.15) is 0 Å². The average molecular weight is 472 g/mol. The quantitative estimate of drug-likeness (QED) is 0.741. The van der Waals surface area contributed by atoms with Crippen molar-refractivity contribution in [2.24, 2.45) is 5.92 Å². The lowest BCUT2D eigenvalue weighted by Crippen LogP contribution is -2.33. The first-order chi connectivity index (χ1) is 15.4. The second kappa shape index (κ2) is 8.44. The topological polar surface area (TPSA) is 86.8 Å². The Bertz CT molecular complexity index is 1180. The van der Waals surface area contributed by atoms with E-state index >= 15 is 0 Å². The number of sulfonamides is 1. The van der Waals surface area contributed by atoms with E-state index in [1.54, 1.807) is 18.2 Å². The molecule has 0 aliphatic carbocycles. The predicted octanol–water partition coefficient (Wildman–Crippen LogP) is 3.11. The van der Waals surface area contributed by atoms with E-state index in [4.69, 9.17) is 0 Å². The average Bonchev–Trinajstić information content (AvgIpc) is 3.44. The predicted molar refractivity (Wildman–Crippen MR) is 124 cm³/mol. The van der Waals surface area contributed by atoms with Gasteiger partial charge in [-0.25, -0.2) is 8.42 Å². The van der Waals surface area contributed by atoms with Crippen LogP contribution < -0.4 is 9.62 Å². The SMILES string of the molecule is O=C1Nc2cc(S(=O)(=O)N3CCc4ccccc43)ccc2SC[C@H]1CC(=O)N1CCCC1. The molecule has 0 aromatic heterocycles. The number of amides is 2. The smallest absolute Gasteiger partial charge is 0.264 e. The Morgan fingerprint density at radius 2 is 1.88 bits per heavy atom. The molecule has 0 unspecified atom stereocenters. The minimum Gasteiger partial charge on any atom is -0.343 e. The number of para-hydroxylation sites is 1. The van der Waals surface area contributed by atoms with E-state index in [0.29, 0.717) is 30.1 Å². The third-order valence-electron chi connectivity index (χ3n) is 6.33. The number of nitrogens with one attached hydrogen (secondary N) is 1. The number of thioether (sulfide) groups is 1. The summed E-state index contributed by atoms with van der Waals surface area (Å²) in [6.45, 7) is 1.93. The van der Waals surface area contributed by atoms with E-state index in [9.17, 15) is 18.0 Å². The Morgan fingerprint density at radius 1 is 1.09 bits per heavy atom. The van der Waals surface area contributed by atoms with Crippen molar-refractivity contribution in [3.8, 4) is 0 Å². The van der Waals surface area contributed by atoms with Crippen LogP contribution in [0.3, 0.4) is 0 Å². The number of nitrogens with zero attached hydrogens (tertiary/aromatic N) is 2. The Morgan fingerprint density at radius 3 is 2.69 bits per heavy atom. The summed E-state index contributed by atoms with van der Waals surface area (Å²) in [7, 11) is -3.75. The van der Waals surface area contributed by atoms with Crippen molar-refractivity contribution in [3.05, 3.63) is 48.0 Å². The number of carbonyl (C=O) groups is 2. The molecule has 2 amide bonds. The molecule has 168 valence electrons. The number of likely N-dealkylation sites (tertiary alicyclic amines) is 1. The van der Waals surface area contributed by atoms with Gasteiger partial charge in [-0.05, 0) is 49.1 Å². The lowest BCUT2D eigenvalue weighted by atomic mass is 10.1. The van der Waals surface area contributed by atoms with Gasteiger partial charge in [0, 0.05) is 36.7 Å². The Hall–Kier alpha value is -2.52. The number of rotatable bonds is 4. The van der Waals surface area contributed by atoms with Crippen LogP contribution in [0.15, 0.2) is 52.3 Å². The zero-order valence-electron chi connectivity index (χ0n) is 17.6. The number of hydrogen-bond acceptors (Lipinski definition) is 5. The summed E-state index contributed by atoms with van der Waals surface area (Å²) >= 11 is 1.48. The van der Waals surface area contributed by atoms with Crippen LogP contribution in [0.4, 0.5) is 11.4 Å². The molecule has 3 heterocycles. The highest BCUT2D eigenvalue weighted by molar-refractivity contribution is 7.99. The molecule has 32 heavy (non-hydrogen) atoms. The van der Waals surface area contributed by atoms with Crippen LogP contribution in [0.1, 0.15) is 24.8 Å². The van der Waals surface area contributed by atoms with Gasteiger partial charge < -0.3 is 10.2 Å². The summed E-state index contributed by atoms with van der Waals surface area (Å²) in [5, 5.41) is 2.88. The van der Waals surface area contributed by atoms with Crippen molar-refractivity contribution in [2.45, 2.75) is 35.5 Å². The summed E-state index contributed by atoms with van der Waals surface area (Å²) in [6, 6.07) is 12.4. The largest absolute Gasteiger partial charge is 0.343 e. The van der Waals surface area contributed by atoms with E-state index in [2.05, 4.69) is 5.32 Å². The van der Waals surface area contributed by atoms with Gasteiger partial charge in [0.25, 0.3) is 10.0 Å². The van der Waals surface area contributed by atoms with Crippen LogP contribution in [0.2, 0.25) is 0 Å². The molecule has 0 saturated carbocycles. The maximum Gasteiger partial charge on any atom is 0.264 e. The molecule has 1 fully saturated rings. The molecule has 7 nitrogen and oxygen atoms in total. The van der Waals surface area contributed by atoms with E-state index in [1.165, 1.54) is 16.1 Å². The van der Waals surface area contributed by atoms with Gasteiger partial charge in [-0.15, -0.1) is 11.8 Å². The molecule has 1 atom stereocenters. The fraction of sp³-hybridized carbons (Fsp3) is 0.391. The number of anilines is 2. The van der Waals surface area contributed by atoms with Crippen molar-refractivity contribution < 1.29 is 18.0 Å². The fourth-order valence-electron chi connectivity index (χ4n) is 4.54. The standard InChI is InChI=1S/C23H25N3O4S2/c27-22(25-10-3-4-11-25)13-17-15-31-21-8-7-18(14-19(21)24-23(17)28)32(29,30)26-12-9-16-5-1-2-6-20(16)26/h1-2,5-8,14,17H,3-4,9-13,15H2,(H,24,28)/t17-/m1/s1. The number of hydrogen-bond donors (Lipinski definition) is 1. The number of carbonyl (C=O) groups excluding carboxylic acids is 2. The molecule has 2 aromatic carbocycles. The Kier molecular flexibility index (Phi) is 5.63. The first-order valence-electron chi connectivity index (χ1n) is 10.9. The molecule has 2 aromatic rings. The van der Waals surface area contributed by atoms with Crippen LogP contribution >= 0.6 is 11.8 Å². The molecule has 1 N–H and O–H groups in total. The van der Waals surface area contributed by atoms with Crippen molar-refractivity contribution in [3.63, 3.8) is 0 Å². The van der Waals surface area contributed by atoms with Crippen molar-refractivity contribution in [1.29, 1.82) is 0 Å². The molecule has 1 saturated heterocycles. The second-order valence-electron chi connectivity index (χ2n) is 8.40. The van der Waals surface area contributed by atoms with Crippen LogP contribution in [0.25, 0.3) is 0 Å². The van der Waals surface area contributed by atoms with Gasteiger partial charge in [0.05, 0.1) is 22.2 Å². The van der Waals surface area contributed by atoms with E-state index in [-0.39, 0.29) is 23.1 Å². The Balaban J connectivity index is 1.36. The molecule has 3 aliphatic heterocycles. The summed E-state index contributed by atoms with van der Waals surface area (Å²) < 4.78 is 28.2. The lowest BCUT2D eigenvalue weighted by molar-refractivity contribution is -0.133. The molecule has 0 spiro atoms. The monoisotopic (exact) mass is 471 g/mol. The summed E-state index contributed by atoms with van der Waals surface area (Å²) in [5.41, 5.74) is 2.21. The van der Waals surface area contributed by atoms with Gasteiger partial charge >= 0.3 is 0 Å². The summed E-state index contributed by atoms with van der Waals surface area (Å²) in [4.78, 5) is 28.2. The molecule has 9 heteroatoms. The first-order valence-corrected chi connectivity index (χ1v) is 13.3. The van der Waals surface area contributed by atoms with Crippen LogP contribution in [0.5, 0.6) is 0 Å². The zero-order chi connectivity index (χ0) is 22.3. The van der Waals surface area contributed by atoms with E-state index in [0.717, 1.165) is 36.4 Å². The molecule has 3 aliphatic rings. The minimum atomic E-state index is -3.75. The fourth-order valence-corrected chi connectivity index (χ4v) is 7.15. The second-order valence-corrected chi connectivity index (χ2v) is 11.3. The summed E-state index contributed by atoms with van der Waals surface area (Å²) in [5.74, 6) is -0.162. The van der Waals surface area contributed by atoms with Gasteiger partial charge in [-0.3, -0.25) is 13.9 Å². The van der Waals surface area contributed by atoms with Crippen LogP contribution in [-0.4, -0.2) is 50.5 Å². The van der Waals surface area contributed by atoms with Crippen LogP contribution in [0, 0.1) is 5.92 Å². The molecular weight excluding hydrogens is 446 g/mol.